The van der Waals surface area contributed by atoms with Crippen molar-refractivity contribution in [2.75, 3.05) is 13.2 Å². The van der Waals surface area contributed by atoms with Crippen molar-refractivity contribution in [2.45, 2.75) is 26.3 Å². The molecule has 0 fully saturated rings. The van der Waals surface area contributed by atoms with Gasteiger partial charge in [0.05, 0.1) is 12.6 Å². The summed E-state index contributed by atoms with van der Waals surface area (Å²) in [5.74, 6) is 1.06. The molecular formula is C16H19NOS. The number of ether oxygens (including phenoxy) is 1. The molecule has 1 aliphatic rings. The SMILES string of the molecule is CCNC(c1ccc2c(c1)CCO2)c1ccc(C)s1. The first kappa shape index (κ1) is 12.7. The predicted molar refractivity (Wildman–Crippen MR) is 80.2 cm³/mol. The third-order valence-corrected chi connectivity index (χ3v) is 4.57. The van der Waals surface area contributed by atoms with Crippen LogP contribution in [0, 0.1) is 6.92 Å². The van der Waals surface area contributed by atoms with E-state index in [1.165, 1.54) is 20.9 Å². The summed E-state index contributed by atoms with van der Waals surface area (Å²) in [6.07, 6.45) is 1.03. The van der Waals surface area contributed by atoms with E-state index in [0.29, 0.717) is 6.04 Å². The molecule has 1 atom stereocenters. The Balaban J connectivity index is 1.95. The van der Waals surface area contributed by atoms with Gasteiger partial charge in [-0.15, -0.1) is 11.3 Å². The van der Waals surface area contributed by atoms with Crippen molar-refractivity contribution in [3.05, 3.63) is 51.2 Å². The zero-order valence-corrected chi connectivity index (χ0v) is 12.2. The number of nitrogens with one attached hydrogen (secondary N) is 1. The molecule has 3 heteroatoms. The maximum atomic E-state index is 5.59. The van der Waals surface area contributed by atoms with Crippen LogP contribution in [-0.2, 0) is 6.42 Å². The van der Waals surface area contributed by atoms with Gasteiger partial charge in [0.25, 0.3) is 0 Å². The highest BCUT2D eigenvalue weighted by Crippen LogP contribution is 2.33. The molecule has 2 heterocycles. The zero-order chi connectivity index (χ0) is 13.2. The third-order valence-electron chi connectivity index (χ3n) is 3.50. The lowest BCUT2D eigenvalue weighted by atomic mass is 10.0. The van der Waals surface area contributed by atoms with Gasteiger partial charge < -0.3 is 10.1 Å². The summed E-state index contributed by atoms with van der Waals surface area (Å²) in [4.78, 5) is 2.75. The summed E-state index contributed by atoms with van der Waals surface area (Å²) >= 11 is 1.87. The Morgan fingerprint density at radius 2 is 2.21 bits per heavy atom. The van der Waals surface area contributed by atoms with Crippen molar-refractivity contribution >= 4 is 11.3 Å². The Bertz CT molecular complexity index is 576. The normalized spacial score (nSPS) is 15.1. The molecule has 3 rings (SSSR count). The molecule has 0 saturated carbocycles. The first-order valence-electron chi connectivity index (χ1n) is 6.83. The lowest BCUT2D eigenvalue weighted by molar-refractivity contribution is 0.357. The number of hydrogen-bond acceptors (Lipinski definition) is 3. The topological polar surface area (TPSA) is 21.3 Å². The van der Waals surface area contributed by atoms with E-state index >= 15 is 0 Å². The maximum Gasteiger partial charge on any atom is 0.122 e. The largest absolute Gasteiger partial charge is 0.493 e. The van der Waals surface area contributed by atoms with Gasteiger partial charge in [0.15, 0.2) is 0 Å². The van der Waals surface area contributed by atoms with Crippen LogP contribution in [-0.4, -0.2) is 13.2 Å². The Labute approximate surface area is 118 Å². The van der Waals surface area contributed by atoms with Crippen molar-refractivity contribution in [3.63, 3.8) is 0 Å². The highest BCUT2D eigenvalue weighted by molar-refractivity contribution is 7.12. The number of rotatable bonds is 4. The average molecular weight is 273 g/mol. The van der Waals surface area contributed by atoms with E-state index in [2.05, 4.69) is 49.5 Å². The number of thiophene rings is 1. The molecule has 2 aromatic rings. The molecule has 100 valence electrons. The minimum absolute atomic E-state index is 0.301. The van der Waals surface area contributed by atoms with E-state index < -0.39 is 0 Å². The van der Waals surface area contributed by atoms with Crippen molar-refractivity contribution in [2.24, 2.45) is 0 Å². The quantitative estimate of drug-likeness (QED) is 0.917. The molecule has 1 unspecified atom stereocenters. The summed E-state index contributed by atoms with van der Waals surface area (Å²) < 4.78 is 5.59. The minimum atomic E-state index is 0.301. The van der Waals surface area contributed by atoms with E-state index in [9.17, 15) is 0 Å². The molecule has 0 aliphatic carbocycles. The first-order valence-corrected chi connectivity index (χ1v) is 7.65. The lowest BCUT2D eigenvalue weighted by Gasteiger charge is -2.17. The number of hydrogen-bond donors (Lipinski definition) is 1. The third kappa shape index (κ3) is 2.53. The highest BCUT2D eigenvalue weighted by Gasteiger charge is 2.18. The Hall–Kier alpha value is -1.32. The van der Waals surface area contributed by atoms with Gasteiger partial charge in [-0.1, -0.05) is 19.1 Å². The van der Waals surface area contributed by atoms with Crippen LogP contribution in [0.25, 0.3) is 0 Å². The van der Waals surface area contributed by atoms with Gasteiger partial charge in [-0.3, -0.25) is 0 Å². The summed E-state index contributed by atoms with van der Waals surface area (Å²) in [6, 6.07) is 11.3. The van der Waals surface area contributed by atoms with E-state index in [0.717, 1.165) is 25.3 Å². The molecule has 0 bridgehead atoms. The molecular weight excluding hydrogens is 254 g/mol. The second-order valence-corrected chi connectivity index (χ2v) is 6.22. The zero-order valence-electron chi connectivity index (χ0n) is 11.4. The van der Waals surface area contributed by atoms with E-state index in [1.54, 1.807) is 0 Å². The maximum absolute atomic E-state index is 5.59. The van der Waals surface area contributed by atoms with Gasteiger partial charge >= 0.3 is 0 Å². The molecule has 19 heavy (non-hydrogen) atoms. The van der Waals surface area contributed by atoms with Crippen LogP contribution in [0.3, 0.4) is 0 Å². The minimum Gasteiger partial charge on any atom is -0.493 e. The van der Waals surface area contributed by atoms with Crippen molar-refractivity contribution < 1.29 is 4.74 Å². The van der Waals surface area contributed by atoms with Crippen molar-refractivity contribution in [3.8, 4) is 5.75 Å². The summed E-state index contributed by atoms with van der Waals surface area (Å²) in [7, 11) is 0. The predicted octanol–water partition coefficient (Wildman–Crippen LogP) is 3.69. The fourth-order valence-electron chi connectivity index (χ4n) is 2.58. The van der Waals surface area contributed by atoms with Crippen LogP contribution in [0.1, 0.15) is 33.8 Å². The average Bonchev–Trinajstić information content (AvgIpc) is 3.03. The van der Waals surface area contributed by atoms with Gasteiger partial charge in [0, 0.05) is 16.2 Å². The number of fused-ring (bicyclic) bond motifs is 1. The molecule has 2 nitrogen and oxygen atoms in total. The van der Waals surface area contributed by atoms with Gasteiger partial charge in [-0.2, -0.15) is 0 Å². The molecule has 1 aromatic carbocycles. The van der Waals surface area contributed by atoms with Gasteiger partial charge in [-0.25, -0.2) is 0 Å². The monoisotopic (exact) mass is 273 g/mol. The summed E-state index contributed by atoms with van der Waals surface area (Å²) in [5.41, 5.74) is 2.68. The van der Waals surface area contributed by atoms with Crippen LogP contribution in [0.15, 0.2) is 30.3 Å². The first-order chi connectivity index (χ1) is 9.28. The molecule has 1 aromatic heterocycles. The molecule has 1 aliphatic heterocycles. The van der Waals surface area contributed by atoms with Crippen LogP contribution < -0.4 is 10.1 Å². The molecule has 1 N–H and O–H groups in total. The molecule has 0 radical (unpaired) electrons. The Morgan fingerprint density at radius 1 is 1.32 bits per heavy atom. The fourth-order valence-corrected chi connectivity index (χ4v) is 3.56. The second-order valence-electron chi connectivity index (χ2n) is 4.90. The van der Waals surface area contributed by atoms with Crippen molar-refractivity contribution in [1.29, 1.82) is 0 Å². The Kier molecular flexibility index (Phi) is 3.58. The van der Waals surface area contributed by atoms with Gasteiger partial charge in [0.2, 0.25) is 0 Å². The van der Waals surface area contributed by atoms with Crippen molar-refractivity contribution in [1.82, 2.24) is 5.32 Å². The van der Waals surface area contributed by atoms with Crippen LogP contribution in [0.2, 0.25) is 0 Å². The molecule has 0 amide bonds. The fraction of sp³-hybridized carbons (Fsp3) is 0.375. The number of benzene rings is 1. The molecule has 0 spiro atoms. The summed E-state index contributed by atoms with van der Waals surface area (Å²) in [6.45, 7) is 6.11. The van der Waals surface area contributed by atoms with Crippen LogP contribution in [0.4, 0.5) is 0 Å². The van der Waals surface area contributed by atoms with E-state index in [4.69, 9.17) is 4.74 Å². The second kappa shape index (κ2) is 5.35. The molecule has 0 saturated heterocycles. The van der Waals surface area contributed by atoms with E-state index in [1.807, 2.05) is 11.3 Å². The smallest absolute Gasteiger partial charge is 0.122 e. The highest BCUT2D eigenvalue weighted by atomic mass is 32.1. The summed E-state index contributed by atoms with van der Waals surface area (Å²) in [5, 5.41) is 3.59. The van der Waals surface area contributed by atoms with Crippen LogP contribution >= 0.6 is 11.3 Å². The lowest BCUT2D eigenvalue weighted by Crippen LogP contribution is -2.21. The van der Waals surface area contributed by atoms with Gasteiger partial charge in [-0.05, 0) is 42.8 Å². The standard InChI is InChI=1S/C16H19NOS/c1-3-17-16(15-7-4-11(2)19-15)13-5-6-14-12(10-13)8-9-18-14/h4-7,10,16-17H,3,8-9H2,1-2H3. The van der Waals surface area contributed by atoms with Crippen LogP contribution in [0.5, 0.6) is 5.75 Å². The van der Waals surface area contributed by atoms with E-state index in [-0.39, 0.29) is 0 Å². The number of aryl methyl sites for hydroxylation is 1. The Morgan fingerprint density at radius 3 is 2.95 bits per heavy atom. The van der Waals surface area contributed by atoms with Gasteiger partial charge in [0.1, 0.15) is 5.75 Å².